The van der Waals surface area contributed by atoms with Crippen molar-refractivity contribution in [1.29, 1.82) is 5.41 Å². The molecular weight excluding hydrogens is 456 g/mol. The van der Waals surface area contributed by atoms with E-state index in [1.165, 1.54) is 6.07 Å². The molecule has 0 heterocycles. The van der Waals surface area contributed by atoms with Gasteiger partial charge in [-0.3, -0.25) is 15.0 Å². The third-order valence-electron chi connectivity index (χ3n) is 5.36. The minimum absolute atomic E-state index is 0.0638. The van der Waals surface area contributed by atoms with E-state index >= 15 is 0 Å². The maximum Gasteiger partial charge on any atom is 0.338 e. The van der Waals surface area contributed by atoms with Crippen LogP contribution in [-0.2, 0) is 4.74 Å². The fourth-order valence-corrected chi connectivity index (χ4v) is 3.54. The number of carbonyl (C=O) groups is 3. The molecule has 3 aromatic carbocycles. The van der Waals surface area contributed by atoms with E-state index in [0.29, 0.717) is 40.0 Å². The first kappa shape index (κ1) is 26.2. The average Bonchev–Trinajstić information content (AvgIpc) is 2.87. The highest BCUT2D eigenvalue weighted by atomic mass is 16.5. The van der Waals surface area contributed by atoms with Crippen LogP contribution >= 0.6 is 0 Å². The molecule has 3 aromatic rings. The Balaban J connectivity index is 1.99. The van der Waals surface area contributed by atoms with Crippen molar-refractivity contribution in [2.24, 2.45) is 11.7 Å². The van der Waals surface area contributed by atoms with E-state index in [2.05, 4.69) is 10.6 Å². The molecule has 8 heteroatoms. The number of rotatable bonds is 9. The number of amidine groups is 1. The maximum absolute atomic E-state index is 13.2. The summed E-state index contributed by atoms with van der Waals surface area (Å²) in [7, 11) is 0. The highest BCUT2D eigenvalue weighted by Gasteiger charge is 2.21. The van der Waals surface area contributed by atoms with Gasteiger partial charge in [-0.2, -0.15) is 0 Å². The third kappa shape index (κ3) is 6.35. The smallest absolute Gasteiger partial charge is 0.338 e. The molecule has 0 aliphatic rings. The van der Waals surface area contributed by atoms with Crippen molar-refractivity contribution >= 4 is 29.3 Å². The molecule has 3 rings (SSSR count). The predicted octanol–water partition coefficient (Wildman–Crippen LogP) is 4.45. The Morgan fingerprint density at radius 3 is 2.17 bits per heavy atom. The Hall–Kier alpha value is -4.46. The van der Waals surface area contributed by atoms with Gasteiger partial charge in [0.1, 0.15) is 5.84 Å². The molecule has 0 aliphatic heterocycles. The van der Waals surface area contributed by atoms with Crippen molar-refractivity contribution in [3.8, 4) is 11.1 Å². The molecule has 0 saturated heterocycles. The number of hydrogen-bond acceptors (Lipinski definition) is 5. The lowest BCUT2D eigenvalue weighted by Gasteiger charge is -2.15. The second-order valence-electron chi connectivity index (χ2n) is 8.58. The number of nitrogens with one attached hydrogen (secondary N) is 3. The van der Waals surface area contributed by atoms with Crippen LogP contribution < -0.4 is 16.4 Å². The highest BCUT2D eigenvalue weighted by Crippen LogP contribution is 2.29. The van der Waals surface area contributed by atoms with Crippen LogP contribution in [0.5, 0.6) is 0 Å². The fourth-order valence-electron chi connectivity index (χ4n) is 3.54. The number of carbonyl (C=O) groups excluding carboxylic acids is 3. The molecular formula is C28H30N4O4. The lowest BCUT2D eigenvalue weighted by molar-refractivity contribution is 0.0527. The molecule has 8 nitrogen and oxygen atoms in total. The molecule has 0 unspecified atom stereocenters. The fraction of sp³-hybridized carbons (Fsp3) is 0.214. The Morgan fingerprint density at radius 1 is 0.889 bits per heavy atom. The molecule has 0 saturated carbocycles. The van der Waals surface area contributed by atoms with Crippen LogP contribution in [0.3, 0.4) is 0 Å². The first-order chi connectivity index (χ1) is 17.2. The first-order valence-corrected chi connectivity index (χ1v) is 11.7. The average molecular weight is 487 g/mol. The quantitative estimate of drug-likeness (QED) is 0.201. The number of benzene rings is 3. The minimum atomic E-state index is -0.582. The van der Waals surface area contributed by atoms with Crippen molar-refractivity contribution in [3.05, 3.63) is 89.0 Å². The summed E-state index contributed by atoms with van der Waals surface area (Å²) in [5.74, 6) is -1.04. The Bertz CT molecular complexity index is 1280. The zero-order valence-corrected chi connectivity index (χ0v) is 20.6. The van der Waals surface area contributed by atoms with Gasteiger partial charge in [0.2, 0.25) is 0 Å². The van der Waals surface area contributed by atoms with E-state index in [-0.39, 0.29) is 35.7 Å². The van der Waals surface area contributed by atoms with Crippen molar-refractivity contribution < 1.29 is 19.1 Å². The maximum atomic E-state index is 13.2. The second kappa shape index (κ2) is 11.8. The second-order valence-corrected chi connectivity index (χ2v) is 8.58. The molecule has 2 amide bonds. The van der Waals surface area contributed by atoms with Crippen LogP contribution in [0.15, 0.2) is 66.7 Å². The summed E-state index contributed by atoms with van der Waals surface area (Å²) in [5, 5.41) is 13.2. The van der Waals surface area contributed by atoms with Crippen LogP contribution in [0.2, 0.25) is 0 Å². The van der Waals surface area contributed by atoms with Crippen LogP contribution in [0.4, 0.5) is 5.69 Å². The number of anilines is 1. The highest BCUT2D eigenvalue weighted by molar-refractivity contribution is 6.11. The molecule has 186 valence electrons. The topological polar surface area (TPSA) is 134 Å². The van der Waals surface area contributed by atoms with Crippen molar-refractivity contribution in [2.45, 2.75) is 20.8 Å². The van der Waals surface area contributed by atoms with Crippen LogP contribution in [0.25, 0.3) is 11.1 Å². The van der Waals surface area contributed by atoms with E-state index in [4.69, 9.17) is 15.9 Å². The molecule has 0 bridgehead atoms. The number of amides is 2. The van der Waals surface area contributed by atoms with E-state index in [0.717, 1.165) is 0 Å². The minimum Gasteiger partial charge on any atom is -0.462 e. The molecule has 0 spiro atoms. The molecule has 0 aromatic heterocycles. The van der Waals surface area contributed by atoms with E-state index in [1.807, 2.05) is 13.8 Å². The summed E-state index contributed by atoms with van der Waals surface area (Å²) in [6, 6.07) is 18.3. The summed E-state index contributed by atoms with van der Waals surface area (Å²) in [4.78, 5) is 38.7. The standard InChI is InChI=1S/C28H30N4O4/c1-4-36-28(35)24-15-19(26(33)31-16-17(2)3)11-14-22(24)21-7-5-6-8-23(21)27(34)32-20-12-9-18(10-13-20)25(29)30/h5-15,17H,4,16H2,1-3H3,(H3,29,30)(H,31,33)(H,32,34). The van der Waals surface area contributed by atoms with Crippen molar-refractivity contribution in [2.75, 3.05) is 18.5 Å². The van der Waals surface area contributed by atoms with Gasteiger partial charge in [0.05, 0.1) is 12.2 Å². The van der Waals surface area contributed by atoms with Gasteiger partial charge in [-0.05, 0) is 66.4 Å². The molecule has 0 aliphatic carbocycles. The lowest BCUT2D eigenvalue weighted by Crippen LogP contribution is -2.27. The SMILES string of the molecule is CCOC(=O)c1cc(C(=O)NCC(C)C)ccc1-c1ccccc1C(=O)Nc1ccc(C(=N)N)cc1. The molecule has 0 atom stereocenters. The lowest BCUT2D eigenvalue weighted by atomic mass is 9.93. The van der Waals surface area contributed by atoms with E-state index < -0.39 is 5.97 Å². The number of esters is 1. The zero-order chi connectivity index (χ0) is 26.2. The summed E-state index contributed by atoms with van der Waals surface area (Å²) in [6.07, 6.45) is 0. The summed E-state index contributed by atoms with van der Waals surface area (Å²) >= 11 is 0. The van der Waals surface area contributed by atoms with Gasteiger partial charge < -0.3 is 21.1 Å². The molecule has 0 radical (unpaired) electrons. The zero-order valence-electron chi connectivity index (χ0n) is 20.6. The van der Waals surface area contributed by atoms with Gasteiger partial charge in [-0.1, -0.05) is 38.1 Å². The third-order valence-corrected chi connectivity index (χ3v) is 5.36. The molecule has 0 fully saturated rings. The normalized spacial score (nSPS) is 10.6. The Morgan fingerprint density at radius 2 is 1.53 bits per heavy atom. The van der Waals surface area contributed by atoms with Gasteiger partial charge in [-0.15, -0.1) is 0 Å². The van der Waals surface area contributed by atoms with Gasteiger partial charge in [0, 0.05) is 28.9 Å². The van der Waals surface area contributed by atoms with E-state index in [1.54, 1.807) is 67.6 Å². The van der Waals surface area contributed by atoms with Gasteiger partial charge in [-0.25, -0.2) is 4.79 Å². The molecule has 5 N–H and O–H groups in total. The van der Waals surface area contributed by atoms with E-state index in [9.17, 15) is 14.4 Å². The summed E-state index contributed by atoms with van der Waals surface area (Å²) < 4.78 is 5.25. The van der Waals surface area contributed by atoms with Gasteiger partial charge in [0.15, 0.2) is 0 Å². The van der Waals surface area contributed by atoms with Crippen molar-refractivity contribution in [3.63, 3.8) is 0 Å². The number of nitrogens with two attached hydrogens (primary N) is 1. The number of ether oxygens (including phenoxy) is 1. The van der Waals surface area contributed by atoms with Crippen LogP contribution in [0.1, 0.15) is 57.4 Å². The van der Waals surface area contributed by atoms with Gasteiger partial charge >= 0.3 is 5.97 Å². The number of hydrogen-bond donors (Lipinski definition) is 4. The Labute approximate surface area is 210 Å². The summed E-state index contributed by atoms with van der Waals surface area (Å²) in [5.41, 5.74) is 8.43. The Kier molecular flexibility index (Phi) is 8.57. The first-order valence-electron chi connectivity index (χ1n) is 11.7. The summed E-state index contributed by atoms with van der Waals surface area (Å²) in [6.45, 7) is 6.36. The van der Waals surface area contributed by atoms with Crippen LogP contribution in [-0.4, -0.2) is 36.8 Å². The monoisotopic (exact) mass is 486 g/mol. The largest absolute Gasteiger partial charge is 0.462 e. The molecule has 36 heavy (non-hydrogen) atoms. The van der Waals surface area contributed by atoms with Gasteiger partial charge in [0.25, 0.3) is 11.8 Å². The number of nitrogen functional groups attached to an aromatic ring is 1. The predicted molar refractivity (Wildman–Crippen MR) is 140 cm³/mol. The van der Waals surface area contributed by atoms with Crippen molar-refractivity contribution in [1.82, 2.24) is 5.32 Å². The van der Waals surface area contributed by atoms with Crippen LogP contribution in [0, 0.1) is 11.3 Å².